The number of fused-ring (bicyclic) bond motifs is 1. The number of rotatable bonds is 6. The summed E-state index contributed by atoms with van der Waals surface area (Å²) < 4.78 is 1.48. The van der Waals surface area contributed by atoms with Crippen molar-refractivity contribution in [2.24, 2.45) is 17.8 Å². The van der Waals surface area contributed by atoms with Crippen LogP contribution in [0.25, 0.3) is 5.57 Å². The van der Waals surface area contributed by atoms with Crippen LogP contribution in [0, 0.1) is 17.8 Å². The first-order chi connectivity index (χ1) is 19.0. The number of hydrogen-bond acceptors (Lipinski definition) is 5. The number of carbonyl (C=O) groups excluding carboxylic acids is 2. The average molecular weight is 566 g/mol. The Morgan fingerprint density at radius 2 is 1.77 bits per heavy atom. The first-order valence-corrected chi connectivity index (χ1v) is 14.8. The summed E-state index contributed by atoms with van der Waals surface area (Å²) in [6, 6.07) is 5.59. The molecule has 1 saturated heterocycles. The van der Waals surface area contributed by atoms with Crippen LogP contribution >= 0.6 is 11.6 Å². The Hall–Kier alpha value is -2.97. The lowest BCUT2D eigenvalue weighted by Crippen LogP contribution is -2.59. The summed E-state index contributed by atoms with van der Waals surface area (Å²) >= 11 is 6.62. The molecule has 1 aliphatic heterocycles. The van der Waals surface area contributed by atoms with Crippen LogP contribution in [0.15, 0.2) is 24.3 Å². The van der Waals surface area contributed by atoms with Gasteiger partial charge in [-0.1, -0.05) is 29.8 Å². The summed E-state index contributed by atoms with van der Waals surface area (Å²) in [4.78, 5) is 41.0. The highest BCUT2D eigenvalue weighted by molar-refractivity contribution is 6.34. The number of halogens is 1. The van der Waals surface area contributed by atoms with Crippen LogP contribution < -0.4 is 0 Å². The third-order valence-corrected chi connectivity index (χ3v) is 9.66. The predicted molar refractivity (Wildman–Crippen MR) is 150 cm³/mol. The SMILES string of the molecule is CC(C)(O)C1CN(C(=O)C2CCc3c(C4=CCC(C(=O)O)CC4)nn(C(=O)c4c(Cl)cccc4C4CC4)c3C2)C1. The van der Waals surface area contributed by atoms with E-state index in [1.165, 1.54) is 4.68 Å². The second kappa shape index (κ2) is 10.1. The fraction of sp³-hybridized carbons (Fsp3) is 0.548. The molecule has 1 amide bonds. The van der Waals surface area contributed by atoms with Gasteiger partial charge in [0.2, 0.25) is 5.91 Å². The third kappa shape index (κ3) is 4.90. The maximum atomic E-state index is 14.2. The van der Waals surface area contributed by atoms with Gasteiger partial charge >= 0.3 is 5.97 Å². The summed E-state index contributed by atoms with van der Waals surface area (Å²) in [5.41, 5.74) is 4.08. The molecule has 0 bridgehead atoms. The summed E-state index contributed by atoms with van der Waals surface area (Å²) in [7, 11) is 0. The van der Waals surface area contributed by atoms with Gasteiger partial charge in [-0.15, -0.1) is 0 Å². The number of hydrogen-bond donors (Lipinski definition) is 2. The normalized spacial score (nSPS) is 23.3. The maximum absolute atomic E-state index is 14.2. The van der Waals surface area contributed by atoms with Crippen LogP contribution in [0.2, 0.25) is 5.02 Å². The average Bonchev–Trinajstić information content (AvgIpc) is 3.66. The smallest absolute Gasteiger partial charge is 0.306 e. The van der Waals surface area contributed by atoms with E-state index in [1.54, 1.807) is 19.9 Å². The number of benzene rings is 1. The van der Waals surface area contributed by atoms with Gasteiger partial charge in [0.25, 0.3) is 5.91 Å². The molecular weight excluding hydrogens is 530 g/mol. The van der Waals surface area contributed by atoms with Crippen molar-refractivity contribution in [1.82, 2.24) is 14.7 Å². The number of carbonyl (C=O) groups is 3. The molecule has 40 heavy (non-hydrogen) atoms. The second-order valence-corrected chi connectivity index (χ2v) is 12.9. The van der Waals surface area contributed by atoms with Crippen LogP contribution in [-0.2, 0) is 22.4 Å². The van der Waals surface area contributed by atoms with Gasteiger partial charge in [-0.3, -0.25) is 14.4 Å². The minimum Gasteiger partial charge on any atom is -0.481 e. The maximum Gasteiger partial charge on any atom is 0.306 e. The van der Waals surface area contributed by atoms with Gasteiger partial charge in [-0.25, -0.2) is 0 Å². The molecule has 2 atom stereocenters. The van der Waals surface area contributed by atoms with Crippen molar-refractivity contribution >= 4 is 35.0 Å². The topological polar surface area (TPSA) is 113 Å². The van der Waals surface area contributed by atoms with Crippen molar-refractivity contribution in [2.75, 3.05) is 13.1 Å². The Labute approximate surface area is 239 Å². The van der Waals surface area contributed by atoms with E-state index < -0.39 is 17.5 Å². The highest BCUT2D eigenvalue weighted by atomic mass is 35.5. The number of carboxylic acids is 1. The highest BCUT2D eigenvalue weighted by Gasteiger charge is 2.43. The number of aliphatic hydroxyl groups is 1. The molecule has 0 radical (unpaired) electrons. The van der Waals surface area contributed by atoms with Gasteiger partial charge < -0.3 is 15.1 Å². The molecule has 0 spiro atoms. The fourth-order valence-electron chi connectivity index (χ4n) is 6.49. The van der Waals surface area contributed by atoms with Crippen molar-refractivity contribution in [1.29, 1.82) is 0 Å². The summed E-state index contributed by atoms with van der Waals surface area (Å²) in [5, 5.41) is 25.0. The molecular formula is C31H36ClN3O5. The Kier molecular flexibility index (Phi) is 6.90. The Morgan fingerprint density at radius 1 is 1.05 bits per heavy atom. The van der Waals surface area contributed by atoms with Crippen molar-refractivity contribution < 1.29 is 24.6 Å². The molecule has 212 valence electrons. The number of allylic oxidation sites excluding steroid dienone is 2. The van der Waals surface area contributed by atoms with Crippen LogP contribution in [-0.4, -0.2) is 61.4 Å². The minimum atomic E-state index is -0.821. The number of nitrogens with zero attached hydrogens (tertiary/aromatic N) is 3. The molecule has 2 unspecified atom stereocenters. The van der Waals surface area contributed by atoms with Crippen LogP contribution in [0.3, 0.4) is 0 Å². The number of carboxylic acid groups (broad SMARTS) is 1. The van der Waals surface area contributed by atoms with Gasteiger partial charge in [-0.2, -0.15) is 9.78 Å². The third-order valence-electron chi connectivity index (χ3n) is 9.35. The van der Waals surface area contributed by atoms with Crippen molar-refractivity contribution in [2.45, 2.75) is 76.7 Å². The van der Waals surface area contributed by atoms with Crippen molar-refractivity contribution in [3.63, 3.8) is 0 Å². The molecule has 6 rings (SSSR count). The molecule has 8 nitrogen and oxygen atoms in total. The largest absolute Gasteiger partial charge is 0.481 e. The van der Waals surface area contributed by atoms with E-state index in [-0.39, 0.29) is 23.7 Å². The van der Waals surface area contributed by atoms with Gasteiger partial charge in [0.1, 0.15) is 0 Å². The number of aromatic nitrogens is 2. The zero-order valence-corrected chi connectivity index (χ0v) is 23.8. The quantitative estimate of drug-likeness (QED) is 0.525. The van der Waals surface area contributed by atoms with E-state index in [1.807, 2.05) is 23.1 Å². The van der Waals surface area contributed by atoms with E-state index in [4.69, 9.17) is 16.7 Å². The first kappa shape index (κ1) is 27.2. The van der Waals surface area contributed by atoms with Gasteiger partial charge in [-0.05, 0) is 81.9 Å². The number of likely N-dealkylation sites (tertiary alicyclic amines) is 1. The van der Waals surface area contributed by atoms with E-state index in [9.17, 15) is 24.6 Å². The summed E-state index contributed by atoms with van der Waals surface area (Å²) in [6.45, 7) is 4.64. The standard InChI is InChI=1S/C31H36ClN3O5/c1-31(2,40)21-15-34(16-21)28(36)20-12-13-23-25(14-20)35(33-27(23)18-8-10-19(11-9-18)30(38)39)29(37)26-22(17-6-7-17)4-3-5-24(26)32/h3-5,8,17,19-21,40H,6-7,9-16H2,1-2H3,(H,38,39). The molecule has 9 heteroatoms. The lowest BCUT2D eigenvalue weighted by atomic mass is 9.80. The highest BCUT2D eigenvalue weighted by Crippen LogP contribution is 2.44. The van der Waals surface area contributed by atoms with Crippen LogP contribution in [0.4, 0.5) is 0 Å². The van der Waals surface area contributed by atoms with E-state index >= 15 is 0 Å². The summed E-state index contributed by atoms with van der Waals surface area (Å²) in [5.74, 6) is -1.29. The molecule has 2 heterocycles. The van der Waals surface area contributed by atoms with Gasteiger partial charge in [0, 0.05) is 36.9 Å². The lowest BCUT2D eigenvalue weighted by molar-refractivity contribution is -0.149. The molecule has 1 aromatic carbocycles. The van der Waals surface area contributed by atoms with E-state index in [0.717, 1.165) is 40.9 Å². The van der Waals surface area contributed by atoms with E-state index in [0.29, 0.717) is 68.1 Å². The number of amides is 1. The van der Waals surface area contributed by atoms with Crippen LogP contribution in [0.1, 0.15) is 91.2 Å². The molecule has 1 aromatic heterocycles. The van der Waals surface area contributed by atoms with Crippen molar-refractivity contribution in [3.8, 4) is 0 Å². The Morgan fingerprint density at radius 3 is 2.40 bits per heavy atom. The Balaban J connectivity index is 1.34. The zero-order chi connectivity index (χ0) is 28.3. The molecule has 2 fully saturated rings. The van der Waals surface area contributed by atoms with Gasteiger partial charge in [0.05, 0.1) is 33.5 Å². The number of aliphatic carboxylic acids is 1. The van der Waals surface area contributed by atoms with Crippen molar-refractivity contribution in [3.05, 3.63) is 57.4 Å². The molecule has 3 aliphatic carbocycles. The Bertz CT molecular complexity index is 1410. The summed E-state index contributed by atoms with van der Waals surface area (Å²) in [6.07, 6.45) is 7.26. The van der Waals surface area contributed by atoms with Crippen LogP contribution in [0.5, 0.6) is 0 Å². The molecule has 2 aromatic rings. The molecule has 1 saturated carbocycles. The van der Waals surface area contributed by atoms with Gasteiger partial charge in [0.15, 0.2) is 0 Å². The molecule has 4 aliphatic rings. The second-order valence-electron chi connectivity index (χ2n) is 12.5. The first-order valence-electron chi connectivity index (χ1n) is 14.4. The minimum absolute atomic E-state index is 0.0586. The zero-order valence-electron chi connectivity index (χ0n) is 23.0. The fourth-order valence-corrected chi connectivity index (χ4v) is 6.76. The van der Waals surface area contributed by atoms with E-state index in [2.05, 4.69) is 0 Å². The monoisotopic (exact) mass is 565 g/mol. The molecule has 2 N–H and O–H groups in total. The predicted octanol–water partition coefficient (Wildman–Crippen LogP) is 4.70. The lowest BCUT2D eigenvalue weighted by Gasteiger charge is -2.46.